The van der Waals surface area contributed by atoms with Gasteiger partial charge in [-0.1, -0.05) is 60.7 Å². The smallest absolute Gasteiger partial charge is 0.122 e. The van der Waals surface area contributed by atoms with Crippen LogP contribution in [0.5, 0.6) is 5.75 Å². The van der Waals surface area contributed by atoms with Gasteiger partial charge in [-0.2, -0.15) is 0 Å². The Bertz CT molecular complexity index is 884. The molecular formula is C26H30N2O. The molecule has 0 unspecified atom stereocenters. The highest BCUT2D eigenvalue weighted by molar-refractivity contribution is 5.46. The summed E-state index contributed by atoms with van der Waals surface area (Å²) in [6.45, 7) is 8.25. The maximum atomic E-state index is 5.93. The van der Waals surface area contributed by atoms with Gasteiger partial charge >= 0.3 is 0 Å². The lowest BCUT2D eigenvalue weighted by Gasteiger charge is -2.36. The van der Waals surface area contributed by atoms with Gasteiger partial charge in [0.25, 0.3) is 0 Å². The van der Waals surface area contributed by atoms with Gasteiger partial charge in [0.1, 0.15) is 5.75 Å². The van der Waals surface area contributed by atoms with Crippen molar-refractivity contribution >= 4 is 5.69 Å². The summed E-state index contributed by atoms with van der Waals surface area (Å²) in [5, 5.41) is 0. The second kappa shape index (κ2) is 9.62. The van der Waals surface area contributed by atoms with E-state index in [0.29, 0.717) is 6.61 Å². The Morgan fingerprint density at radius 1 is 0.724 bits per heavy atom. The molecule has 3 nitrogen and oxygen atoms in total. The molecule has 0 aromatic heterocycles. The van der Waals surface area contributed by atoms with E-state index in [1.807, 2.05) is 18.2 Å². The van der Waals surface area contributed by atoms with E-state index in [1.54, 1.807) is 0 Å². The quantitative estimate of drug-likeness (QED) is 0.572. The molecule has 150 valence electrons. The zero-order chi connectivity index (χ0) is 19.9. The van der Waals surface area contributed by atoms with Gasteiger partial charge in [0.15, 0.2) is 0 Å². The molecule has 1 saturated heterocycles. The molecule has 0 N–H and O–H groups in total. The van der Waals surface area contributed by atoms with Crippen molar-refractivity contribution in [1.29, 1.82) is 0 Å². The van der Waals surface area contributed by atoms with Crippen molar-refractivity contribution in [2.45, 2.75) is 19.9 Å². The number of rotatable bonds is 7. The number of nitrogens with zero attached hydrogens (tertiary/aromatic N) is 2. The largest absolute Gasteiger partial charge is 0.493 e. The van der Waals surface area contributed by atoms with Crippen LogP contribution in [-0.4, -0.2) is 37.7 Å². The third-order valence-corrected chi connectivity index (χ3v) is 5.66. The van der Waals surface area contributed by atoms with E-state index in [2.05, 4.69) is 77.4 Å². The predicted molar refractivity (Wildman–Crippen MR) is 121 cm³/mol. The molecule has 29 heavy (non-hydrogen) atoms. The average molecular weight is 387 g/mol. The number of anilines is 1. The number of aryl methyl sites for hydroxylation is 1. The monoisotopic (exact) mass is 386 g/mol. The highest BCUT2D eigenvalue weighted by Gasteiger charge is 2.17. The minimum absolute atomic E-state index is 0.714. The van der Waals surface area contributed by atoms with Crippen LogP contribution in [-0.2, 0) is 13.0 Å². The minimum Gasteiger partial charge on any atom is -0.493 e. The van der Waals surface area contributed by atoms with Gasteiger partial charge in [0.05, 0.1) is 6.61 Å². The highest BCUT2D eigenvalue weighted by atomic mass is 16.5. The maximum absolute atomic E-state index is 5.93. The summed E-state index contributed by atoms with van der Waals surface area (Å²) in [6, 6.07) is 28.0. The van der Waals surface area contributed by atoms with Gasteiger partial charge in [0.2, 0.25) is 0 Å². The molecule has 1 aliphatic heterocycles. The topological polar surface area (TPSA) is 15.7 Å². The number of benzene rings is 3. The molecule has 3 aromatic rings. The number of hydrogen-bond acceptors (Lipinski definition) is 3. The first-order valence-corrected chi connectivity index (χ1v) is 10.6. The molecule has 1 heterocycles. The van der Waals surface area contributed by atoms with Crippen LogP contribution in [0.2, 0.25) is 0 Å². The van der Waals surface area contributed by atoms with Crippen molar-refractivity contribution in [3.63, 3.8) is 0 Å². The van der Waals surface area contributed by atoms with Crippen LogP contribution in [0.15, 0.2) is 78.9 Å². The Labute approximate surface area is 174 Å². The number of hydrogen-bond donors (Lipinski definition) is 0. The zero-order valence-corrected chi connectivity index (χ0v) is 17.3. The fourth-order valence-electron chi connectivity index (χ4n) is 3.87. The van der Waals surface area contributed by atoms with Crippen LogP contribution in [0.25, 0.3) is 0 Å². The molecule has 0 radical (unpaired) electrons. The van der Waals surface area contributed by atoms with Gasteiger partial charge in [-0.25, -0.2) is 0 Å². The number of piperazine rings is 1. The predicted octanol–water partition coefficient (Wildman–Crippen LogP) is 4.94. The minimum atomic E-state index is 0.714. The van der Waals surface area contributed by atoms with Crippen molar-refractivity contribution in [3.8, 4) is 5.75 Å². The Hall–Kier alpha value is -2.78. The van der Waals surface area contributed by atoms with Gasteiger partial charge in [-0.3, -0.25) is 4.90 Å². The second-order valence-corrected chi connectivity index (χ2v) is 7.78. The maximum Gasteiger partial charge on any atom is 0.122 e. The van der Waals surface area contributed by atoms with E-state index in [-0.39, 0.29) is 0 Å². The molecule has 0 aliphatic carbocycles. The highest BCUT2D eigenvalue weighted by Crippen LogP contribution is 2.18. The van der Waals surface area contributed by atoms with Crippen molar-refractivity contribution in [1.82, 2.24) is 4.90 Å². The lowest BCUT2D eigenvalue weighted by Crippen LogP contribution is -2.45. The molecule has 0 saturated carbocycles. The van der Waals surface area contributed by atoms with E-state index in [4.69, 9.17) is 4.74 Å². The third-order valence-electron chi connectivity index (χ3n) is 5.66. The normalized spacial score (nSPS) is 14.7. The van der Waals surface area contributed by atoms with Crippen molar-refractivity contribution in [3.05, 3.63) is 95.6 Å². The van der Waals surface area contributed by atoms with E-state index in [9.17, 15) is 0 Å². The van der Waals surface area contributed by atoms with Gasteiger partial charge in [0, 0.05) is 44.8 Å². The average Bonchev–Trinajstić information content (AvgIpc) is 2.77. The summed E-state index contributed by atoms with van der Waals surface area (Å²) in [4.78, 5) is 5.03. The summed E-state index contributed by atoms with van der Waals surface area (Å²) in [6.07, 6.45) is 0.935. The second-order valence-electron chi connectivity index (χ2n) is 7.78. The molecule has 1 fully saturated rings. The summed E-state index contributed by atoms with van der Waals surface area (Å²) in [5.74, 6) is 0.985. The van der Waals surface area contributed by atoms with Crippen LogP contribution in [0.4, 0.5) is 5.69 Å². The van der Waals surface area contributed by atoms with Crippen LogP contribution in [0.3, 0.4) is 0 Å². The fraction of sp³-hybridized carbons (Fsp3) is 0.308. The lowest BCUT2D eigenvalue weighted by molar-refractivity contribution is 0.250. The molecule has 3 aromatic carbocycles. The zero-order valence-electron chi connectivity index (χ0n) is 17.3. The van der Waals surface area contributed by atoms with Crippen molar-refractivity contribution in [2.24, 2.45) is 0 Å². The first-order chi connectivity index (χ1) is 14.3. The molecule has 0 bridgehead atoms. The van der Waals surface area contributed by atoms with Gasteiger partial charge in [-0.15, -0.1) is 0 Å². The van der Waals surface area contributed by atoms with E-state index >= 15 is 0 Å². The van der Waals surface area contributed by atoms with E-state index < -0.39 is 0 Å². The van der Waals surface area contributed by atoms with Crippen molar-refractivity contribution < 1.29 is 4.74 Å². The SMILES string of the molecule is Cc1ccccc1OCCc1ccc(CN2CCN(c3ccccc3)CC2)cc1. The molecule has 3 heteroatoms. The van der Waals surface area contributed by atoms with E-state index in [0.717, 1.165) is 44.9 Å². The van der Waals surface area contributed by atoms with Crippen LogP contribution in [0.1, 0.15) is 16.7 Å². The first kappa shape index (κ1) is 19.5. The fourth-order valence-corrected chi connectivity index (χ4v) is 3.87. The summed E-state index contributed by atoms with van der Waals surface area (Å²) >= 11 is 0. The first-order valence-electron chi connectivity index (χ1n) is 10.6. The Morgan fingerprint density at radius 2 is 1.38 bits per heavy atom. The molecule has 0 amide bonds. The van der Waals surface area contributed by atoms with Gasteiger partial charge in [-0.05, 0) is 41.8 Å². The Balaban J connectivity index is 1.22. The summed E-state index contributed by atoms with van der Waals surface area (Å²) in [7, 11) is 0. The van der Waals surface area contributed by atoms with Gasteiger partial charge < -0.3 is 9.64 Å². The molecular weight excluding hydrogens is 356 g/mol. The van der Waals surface area contributed by atoms with E-state index in [1.165, 1.54) is 22.4 Å². The van der Waals surface area contributed by atoms with Crippen LogP contribution < -0.4 is 9.64 Å². The number of para-hydroxylation sites is 2. The Kier molecular flexibility index (Phi) is 6.48. The molecule has 4 rings (SSSR count). The summed E-state index contributed by atoms with van der Waals surface area (Å²) in [5.41, 5.74) is 5.25. The lowest BCUT2D eigenvalue weighted by atomic mass is 10.1. The third kappa shape index (κ3) is 5.39. The summed E-state index contributed by atoms with van der Waals surface area (Å²) < 4.78 is 5.93. The van der Waals surface area contributed by atoms with Crippen molar-refractivity contribution in [2.75, 3.05) is 37.7 Å². The molecule has 1 aliphatic rings. The number of ether oxygens (including phenoxy) is 1. The molecule has 0 atom stereocenters. The van der Waals surface area contributed by atoms with Crippen LogP contribution >= 0.6 is 0 Å². The molecule has 0 spiro atoms. The standard InChI is InChI=1S/C26H30N2O/c1-22-7-5-6-10-26(22)29-20-15-23-11-13-24(14-12-23)21-27-16-18-28(19-17-27)25-8-3-2-4-9-25/h2-14H,15-21H2,1H3. The van der Waals surface area contributed by atoms with Crippen LogP contribution in [0, 0.1) is 6.92 Å². The Morgan fingerprint density at radius 3 is 2.10 bits per heavy atom.